The number of ether oxygens (including phenoxy) is 1. The van der Waals surface area contributed by atoms with E-state index >= 15 is 0 Å². The summed E-state index contributed by atoms with van der Waals surface area (Å²) in [6.07, 6.45) is -3.27. The maximum Gasteiger partial charge on any atom is 0.490 e. The topological polar surface area (TPSA) is 114 Å². The van der Waals surface area contributed by atoms with E-state index in [0.29, 0.717) is 24.4 Å². The third kappa shape index (κ3) is 6.01. The quantitative estimate of drug-likeness (QED) is 0.709. The number of benzene rings is 1. The van der Waals surface area contributed by atoms with Crippen LogP contribution in [0.1, 0.15) is 16.8 Å². The average molecular weight is 486 g/mol. The molecule has 4 rings (SSSR count). The van der Waals surface area contributed by atoms with Crippen molar-refractivity contribution >= 4 is 21.7 Å². The van der Waals surface area contributed by atoms with Gasteiger partial charge in [-0.25, -0.2) is 18.2 Å². The molecule has 2 saturated heterocycles. The van der Waals surface area contributed by atoms with Gasteiger partial charge >= 0.3 is 12.1 Å². The van der Waals surface area contributed by atoms with Crippen LogP contribution in [0.25, 0.3) is 0 Å². The first-order chi connectivity index (χ1) is 15.5. The summed E-state index contributed by atoms with van der Waals surface area (Å²) < 4.78 is 62.8. The van der Waals surface area contributed by atoms with Crippen LogP contribution in [0.2, 0.25) is 0 Å². The lowest BCUT2D eigenvalue weighted by atomic mass is 9.98. The molecule has 2 aliphatic rings. The highest BCUT2D eigenvalue weighted by atomic mass is 32.2. The fourth-order valence-corrected chi connectivity index (χ4v) is 5.89. The van der Waals surface area contributed by atoms with Gasteiger partial charge in [0.05, 0.1) is 11.0 Å². The van der Waals surface area contributed by atoms with Gasteiger partial charge in [-0.2, -0.15) is 13.2 Å². The molecule has 1 aromatic carbocycles. The first-order valence-electron chi connectivity index (χ1n) is 9.92. The van der Waals surface area contributed by atoms with Gasteiger partial charge in [0, 0.05) is 36.8 Å². The zero-order chi connectivity index (χ0) is 24.2. The molecule has 0 radical (unpaired) electrons. The molecule has 33 heavy (non-hydrogen) atoms. The molecule has 0 bridgehead atoms. The van der Waals surface area contributed by atoms with Crippen molar-refractivity contribution < 1.29 is 41.0 Å². The summed E-state index contributed by atoms with van der Waals surface area (Å²) in [5.74, 6) is -2.55. The van der Waals surface area contributed by atoms with Crippen molar-refractivity contribution in [1.29, 1.82) is 0 Å². The minimum atomic E-state index is -5.08. The predicted octanol–water partition coefficient (Wildman–Crippen LogP) is 2.42. The number of hydrogen-bond donors (Lipinski definition) is 1. The SMILES string of the molecule is O=C(O)C(F)(F)F.O=C(c1ccccc1)N1CC2C(Oc3ccccn3)CCS(=O)(=O)C2C1. The number of nitrogens with zero attached hydrogens (tertiary/aromatic N) is 2. The maximum absolute atomic E-state index is 12.7. The summed E-state index contributed by atoms with van der Waals surface area (Å²) in [6.45, 7) is 0.609. The van der Waals surface area contributed by atoms with Crippen LogP contribution < -0.4 is 4.74 Å². The van der Waals surface area contributed by atoms with E-state index in [4.69, 9.17) is 14.6 Å². The predicted molar refractivity (Wildman–Crippen MR) is 110 cm³/mol. The van der Waals surface area contributed by atoms with Gasteiger partial charge in [-0.1, -0.05) is 24.3 Å². The van der Waals surface area contributed by atoms with Crippen molar-refractivity contribution in [2.45, 2.75) is 24.0 Å². The van der Waals surface area contributed by atoms with Crippen LogP contribution in [-0.4, -0.2) is 71.7 Å². The number of hydrogen-bond acceptors (Lipinski definition) is 6. The van der Waals surface area contributed by atoms with Crippen LogP contribution in [-0.2, 0) is 14.6 Å². The number of halogens is 3. The third-order valence-corrected chi connectivity index (χ3v) is 7.62. The molecule has 2 aromatic rings. The van der Waals surface area contributed by atoms with E-state index in [9.17, 15) is 26.4 Å². The molecule has 12 heteroatoms. The number of aliphatic carboxylic acids is 1. The van der Waals surface area contributed by atoms with Crippen LogP contribution in [0.5, 0.6) is 5.88 Å². The number of alkyl halides is 3. The summed E-state index contributed by atoms with van der Waals surface area (Å²) >= 11 is 0. The molecule has 3 unspecified atom stereocenters. The summed E-state index contributed by atoms with van der Waals surface area (Å²) in [6, 6.07) is 14.4. The van der Waals surface area contributed by atoms with Crippen molar-refractivity contribution in [3.05, 3.63) is 60.3 Å². The molecule has 3 heterocycles. The molecule has 0 aliphatic carbocycles. The fourth-order valence-electron chi connectivity index (χ4n) is 3.83. The highest BCUT2D eigenvalue weighted by Gasteiger charge is 2.50. The third-order valence-electron chi connectivity index (χ3n) is 5.40. The summed E-state index contributed by atoms with van der Waals surface area (Å²) in [4.78, 5) is 27.5. The lowest BCUT2D eigenvalue weighted by Gasteiger charge is -2.32. The Morgan fingerprint density at radius 1 is 1.06 bits per heavy atom. The van der Waals surface area contributed by atoms with Gasteiger partial charge < -0.3 is 14.7 Å². The van der Waals surface area contributed by atoms with E-state index in [0.717, 1.165) is 0 Å². The van der Waals surface area contributed by atoms with Gasteiger partial charge in [0.2, 0.25) is 5.88 Å². The number of amides is 1. The zero-order valence-corrected chi connectivity index (χ0v) is 18.0. The van der Waals surface area contributed by atoms with Crippen LogP contribution >= 0.6 is 0 Å². The van der Waals surface area contributed by atoms with Gasteiger partial charge in [0.15, 0.2) is 9.84 Å². The molecule has 178 valence electrons. The second-order valence-electron chi connectivity index (χ2n) is 7.56. The second-order valence-corrected chi connectivity index (χ2v) is 9.90. The molecule has 2 fully saturated rings. The molecular formula is C21H21F3N2O6S. The van der Waals surface area contributed by atoms with E-state index in [1.807, 2.05) is 12.1 Å². The van der Waals surface area contributed by atoms with E-state index in [1.165, 1.54) is 0 Å². The number of fused-ring (bicyclic) bond motifs is 1. The van der Waals surface area contributed by atoms with E-state index in [-0.39, 0.29) is 30.2 Å². The number of carbonyl (C=O) groups excluding carboxylic acids is 1. The van der Waals surface area contributed by atoms with E-state index in [2.05, 4.69) is 4.98 Å². The molecule has 1 N–H and O–H groups in total. The van der Waals surface area contributed by atoms with Crippen molar-refractivity contribution in [2.24, 2.45) is 5.92 Å². The molecule has 1 amide bonds. The van der Waals surface area contributed by atoms with E-state index < -0.39 is 27.2 Å². The van der Waals surface area contributed by atoms with Gasteiger partial charge in [-0.05, 0) is 24.6 Å². The summed E-state index contributed by atoms with van der Waals surface area (Å²) in [5.41, 5.74) is 0.575. The van der Waals surface area contributed by atoms with Crippen molar-refractivity contribution in [2.75, 3.05) is 18.8 Å². The molecule has 1 aromatic heterocycles. The fraction of sp³-hybridized carbons (Fsp3) is 0.381. The average Bonchev–Trinajstić information content (AvgIpc) is 3.24. The van der Waals surface area contributed by atoms with Crippen LogP contribution in [0, 0.1) is 5.92 Å². The number of likely N-dealkylation sites (tertiary alicyclic amines) is 1. The number of carbonyl (C=O) groups is 2. The van der Waals surface area contributed by atoms with E-state index in [1.54, 1.807) is 47.5 Å². The Balaban J connectivity index is 0.000000383. The zero-order valence-electron chi connectivity index (χ0n) is 17.2. The number of rotatable bonds is 3. The second kappa shape index (κ2) is 9.77. The lowest BCUT2D eigenvalue weighted by Crippen LogP contribution is -2.46. The van der Waals surface area contributed by atoms with Gasteiger partial charge in [-0.15, -0.1) is 0 Å². The Bertz CT molecular complexity index is 1080. The van der Waals surface area contributed by atoms with Gasteiger partial charge in [-0.3, -0.25) is 4.79 Å². The summed E-state index contributed by atoms with van der Waals surface area (Å²) in [7, 11) is -3.23. The summed E-state index contributed by atoms with van der Waals surface area (Å²) in [5, 5.41) is 6.55. The molecule has 3 atom stereocenters. The highest BCUT2D eigenvalue weighted by molar-refractivity contribution is 7.92. The number of carboxylic acids is 1. The number of aromatic nitrogens is 1. The molecular weight excluding hydrogens is 465 g/mol. The van der Waals surface area contributed by atoms with Crippen LogP contribution in [0.3, 0.4) is 0 Å². The number of carboxylic acid groups (broad SMARTS) is 1. The highest BCUT2D eigenvalue weighted by Crippen LogP contribution is 2.35. The van der Waals surface area contributed by atoms with Crippen molar-refractivity contribution in [1.82, 2.24) is 9.88 Å². The Labute approximate surface area is 187 Å². The molecule has 8 nitrogen and oxygen atoms in total. The molecule has 2 aliphatic heterocycles. The van der Waals surface area contributed by atoms with Gasteiger partial charge in [0.1, 0.15) is 6.10 Å². The Hall–Kier alpha value is -3.15. The first-order valence-corrected chi connectivity index (χ1v) is 11.6. The Morgan fingerprint density at radius 2 is 1.70 bits per heavy atom. The monoisotopic (exact) mass is 486 g/mol. The maximum atomic E-state index is 12.7. The molecule has 0 spiro atoms. The molecule has 0 saturated carbocycles. The first kappa shape index (κ1) is 24.5. The normalized spacial score (nSPS) is 23.6. The number of sulfone groups is 1. The lowest BCUT2D eigenvalue weighted by molar-refractivity contribution is -0.192. The van der Waals surface area contributed by atoms with Crippen LogP contribution in [0.4, 0.5) is 13.2 Å². The minimum absolute atomic E-state index is 0.0824. The van der Waals surface area contributed by atoms with Crippen molar-refractivity contribution in [3.8, 4) is 5.88 Å². The number of pyridine rings is 1. The largest absolute Gasteiger partial charge is 0.490 e. The minimum Gasteiger partial charge on any atom is -0.475 e. The Morgan fingerprint density at radius 3 is 2.27 bits per heavy atom. The smallest absolute Gasteiger partial charge is 0.475 e. The van der Waals surface area contributed by atoms with Crippen molar-refractivity contribution in [3.63, 3.8) is 0 Å². The van der Waals surface area contributed by atoms with Gasteiger partial charge in [0.25, 0.3) is 5.91 Å². The standard InChI is InChI=1S/C19H20N2O4S.C2HF3O2/c22-19(14-6-2-1-3-7-14)21-12-15-16(25-18-8-4-5-10-20-18)9-11-26(23,24)17(15)13-21;3-2(4,5)1(6)7/h1-8,10,15-17H,9,11-13H2;(H,6,7). The van der Waals surface area contributed by atoms with Crippen LogP contribution in [0.15, 0.2) is 54.7 Å². The Kier molecular flexibility index (Phi) is 7.25.